The lowest BCUT2D eigenvalue weighted by Crippen LogP contribution is -2.24. The van der Waals surface area contributed by atoms with Gasteiger partial charge < -0.3 is 14.5 Å². The molecular formula is C17H20N2O3. The monoisotopic (exact) mass is 300 g/mol. The number of hydrogen-bond donors (Lipinski definition) is 1. The van der Waals surface area contributed by atoms with Crippen LogP contribution in [0.25, 0.3) is 11.3 Å². The first kappa shape index (κ1) is 14.6. The van der Waals surface area contributed by atoms with Gasteiger partial charge in [-0.05, 0) is 44.4 Å². The number of aromatic nitrogens is 1. The highest BCUT2D eigenvalue weighted by Gasteiger charge is 2.25. The molecule has 1 aliphatic rings. The molecule has 1 aliphatic carbocycles. The number of pyridine rings is 1. The standard InChI is InChI=1S/C17H20N2O3/c1-4-11-9-13(10(2)18-17(11)21-3)14-7-8-15(22-14)16(20)19-12-5-6-12/h7-9,12H,4-6H2,1-3H3,(H,19,20). The molecule has 1 fully saturated rings. The zero-order valence-corrected chi connectivity index (χ0v) is 13.1. The Morgan fingerprint density at radius 1 is 1.45 bits per heavy atom. The maximum atomic E-state index is 12.0. The van der Waals surface area contributed by atoms with Crippen molar-refractivity contribution in [3.8, 4) is 17.2 Å². The molecule has 1 N–H and O–H groups in total. The smallest absolute Gasteiger partial charge is 0.287 e. The van der Waals surface area contributed by atoms with E-state index < -0.39 is 0 Å². The van der Waals surface area contributed by atoms with Crippen molar-refractivity contribution in [3.05, 3.63) is 35.2 Å². The molecule has 1 amide bonds. The lowest BCUT2D eigenvalue weighted by Gasteiger charge is -2.10. The summed E-state index contributed by atoms with van der Waals surface area (Å²) in [6.07, 6.45) is 2.93. The van der Waals surface area contributed by atoms with Gasteiger partial charge in [0.05, 0.1) is 12.8 Å². The molecule has 0 atom stereocenters. The summed E-state index contributed by atoms with van der Waals surface area (Å²) < 4.78 is 11.0. The number of carbonyl (C=O) groups is 1. The van der Waals surface area contributed by atoms with E-state index in [1.165, 1.54) is 0 Å². The van der Waals surface area contributed by atoms with Gasteiger partial charge in [0.15, 0.2) is 5.76 Å². The van der Waals surface area contributed by atoms with Crippen LogP contribution in [0.2, 0.25) is 0 Å². The van der Waals surface area contributed by atoms with Gasteiger partial charge in [-0.1, -0.05) is 6.92 Å². The minimum absolute atomic E-state index is 0.149. The van der Waals surface area contributed by atoms with Crippen molar-refractivity contribution in [2.75, 3.05) is 7.11 Å². The van der Waals surface area contributed by atoms with Crippen molar-refractivity contribution < 1.29 is 13.9 Å². The van der Waals surface area contributed by atoms with E-state index in [9.17, 15) is 4.79 Å². The summed E-state index contributed by atoms with van der Waals surface area (Å²) in [5.74, 6) is 1.49. The van der Waals surface area contributed by atoms with Crippen molar-refractivity contribution >= 4 is 5.91 Å². The summed E-state index contributed by atoms with van der Waals surface area (Å²) in [6.45, 7) is 3.96. The van der Waals surface area contributed by atoms with E-state index in [1.54, 1.807) is 13.2 Å². The number of carbonyl (C=O) groups excluding carboxylic acids is 1. The van der Waals surface area contributed by atoms with Crippen LogP contribution < -0.4 is 10.1 Å². The molecule has 2 heterocycles. The first-order valence-corrected chi connectivity index (χ1v) is 7.58. The molecular weight excluding hydrogens is 280 g/mol. The average Bonchev–Trinajstić information content (AvgIpc) is 3.19. The van der Waals surface area contributed by atoms with Gasteiger partial charge in [0, 0.05) is 17.2 Å². The van der Waals surface area contributed by atoms with Crippen LogP contribution in [0.15, 0.2) is 22.6 Å². The third-order valence-electron chi connectivity index (χ3n) is 3.83. The van der Waals surface area contributed by atoms with E-state index in [1.807, 2.05) is 19.1 Å². The van der Waals surface area contributed by atoms with Crippen molar-refractivity contribution in [2.24, 2.45) is 0 Å². The number of hydrogen-bond acceptors (Lipinski definition) is 4. The lowest BCUT2D eigenvalue weighted by atomic mass is 10.1. The highest BCUT2D eigenvalue weighted by atomic mass is 16.5. The van der Waals surface area contributed by atoms with Crippen LogP contribution >= 0.6 is 0 Å². The maximum Gasteiger partial charge on any atom is 0.287 e. The van der Waals surface area contributed by atoms with E-state index in [0.29, 0.717) is 23.4 Å². The minimum atomic E-state index is -0.149. The Morgan fingerprint density at radius 2 is 2.23 bits per heavy atom. The fourth-order valence-corrected chi connectivity index (χ4v) is 2.39. The van der Waals surface area contributed by atoms with Crippen LogP contribution in [-0.4, -0.2) is 24.0 Å². The first-order chi connectivity index (χ1) is 10.6. The minimum Gasteiger partial charge on any atom is -0.481 e. The second-order valence-corrected chi connectivity index (χ2v) is 5.55. The molecule has 2 aromatic heterocycles. The maximum absolute atomic E-state index is 12.0. The Bertz CT molecular complexity index is 702. The zero-order valence-electron chi connectivity index (χ0n) is 13.1. The number of nitrogens with zero attached hydrogens (tertiary/aromatic N) is 1. The largest absolute Gasteiger partial charge is 0.481 e. The van der Waals surface area contributed by atoms with E-state index in [4.69, 9.17) is 9.15 Å². The summed E-state index contributed by atoms with van der Waals surface area (Å²) in [5, 5.41) is 2.92. The fourth-order valence-electron chi connectivity index (χ4n) is 2.39. The predicted molar refractivity (Wildman–Crippen MR) is 83.1 cm³/mol. The third-order valence-corrected chi connectivity index (χ3v) is 3.83. The van der Waals surface area contributed by atoms with Crippen LogP contribution in [0.1, 0.15) is 41.6 Å². The number of nitrogens with one attached hydrogen (secondary N) is 1. The van der Waals surface area contributed by atoms with Crippen LogP contribution in [0, 0.1) is 6.92 Å². The zero-order chi connectivity index (χ0) is 15.7. The van der Waals surface area contributed by atoms with Crippen molar-refractivity contribution in [3.63, 3.8) is 0 Å². The highest BCUT2D eigenvalue weighted by molar-refractivity contribution is 5.92. The molecule has 0 saturated heterocycles. The molecule has 5 nitrogen and oxygen atoms in total. The van der Waals surface area contributed by atoms with E-state index in [-0.39, 0.29) is 5.91 Å². The molecule has 3 rings (SSSR count). The Balaban J connectivity index is 1.90. The topological polar surface area (TPSA) is 64.4 Å². The SMILES string of the molecule is CCc1cc(-c2ccc(C(=O)NC3CC3)o2)c(C)nc1OC. The summed E-state index contributed by atoms with van der Waals surface area (Å²) in [4.78, 5) is 16.5. The summed E-state index contributed by atoms with van der Waals surface area (Å²) in [5.41, 5.74) is 2.73. The molecule has 116 valence electrons. The van der Waals surface area contributed by atoms with E-state index in [2.05, 4.69) is 17.2 Å². The Kier molecular flexibility index (Phi) is 3.88. The van der Waals surface area contributed by atoms with Crippen molar-refractivity contribution in [1.82, 2.24) is 10.3 Å². The number of amides is 1. The molecule has 0 bridgehead atoms. The fraction of sp³-hybridized carbons (Fsp3) is 0.412. The van der Waals surface area contributed by atoms with Gasteiger partial charge in [-0.25, -0.2) is 4.98 Å². The number of rotatable bonds is 5. The Hall–Kier alpha value is -2.30. The number of aryl methyl sites for hydroxylation is 2. The third kappa shape index (κ3) is 2.84. The summed E-state index contributed by atoms with van der Waals surface area (Å²) in [7, 11) is 1.62. The molecule has 22 heavy (non-hydrogen) atoms. The van der Waals surface area contributed by atoms with E-state index >= 15 is 0 Å². The molecule has 0 aromatic carbocycles. The molecule has 0 spiro atoms. The van der Waals surface area contributed by atoms with Gasteiger partial charge in [0.25, 0.3) is 5.91 Å². The van der Waals surface area contributed by atoms with Gasteiger partial charge >= 0.3 is 0 Å². The van der Waals surface area contributed by atoms with Crippen molar-refractivity contribution in [2.45, 2.75) is 39.2 Å². The molecule has 2 aromatic rings. The van der Waals surface area contributed by atoms with Crippen LogP contribution in [0.5, 0.6) is 5.88 Å². The predicted octanol–water partition coefficient (Wildman–Crippen LogP) is 3.11. The quantitative estimate of drug-likeness (QED) is 0.921. The van der Waals surface area contributed by atoms with Gasteiger partial charge in [-0.2, -0.15) is 0 Å². The molecule has 5 heteroatoms. The average molecular weight is 300 g/mol. The summed E-state index contributed by atoms with van der Waals surface area (Å²) >= 11 is 0. The van der Waals surface area contributed by atoms with E-state index in [0.717, 1.165) is 36.1 Å². The summed E-state index contributed by atoms with van der Waals surface area (Å²) in [6, 6.07) is 5.86. The Labute approximate surface area is 129 Å². The highest BCUT2D eigenvalue weighted by Crippen LogP contribution is 2.30. The number of ether oxygens (including phenoxy) is 1. The van der Waals surface area contributed by atoms with Crippen molar-refractivity contribution in [1.29, 1.82) is 0 Å². The molecule has 0 aliphatic heterocycles. The normalized spacial score (nSPS) is 14.0. The van der Waals surface area contributed by atoms with Gasteiger partial charge in [-0.15, -0.1) is 0 Å². The molecule has 0 radical (unpaired) electrons. The van der Waals surface area contributed by atoms with Crippen LogP contribution in [0.3, 0.4) is 0 Å². The first-order valence-electron chi connectivity index (χ1n) is 7.58. The van der Waals surface area contributed by atoms with Gasteiger partial charge in [0.1, 0.15) is 5.76 Å². The van der Waals surface area contributed by atoms with Gasteiger partial charge in [-0.3, -0.25) is 4.79 Å². The molecule has 0 unspecified atom stereocenters. The number of methoxy groups -OCH3 is 1. The molecule has 1 saturated carbocycles. The number of furan rings is 1. The lowest BCUT2D eigenvalue weighted by molar-refractivity contribution is 0.0924. The second kappa shape index (κ2) is 5.83. The van der Waals surface area contributed by atoms with Crippen LogP contribution in [-0.2, 0) is 6.42 Å². The second-order valence-electron chi connectivity index (χ2n) is 5.55. The Morgan fingerprint density at radius 3 is 2.86 bits per heavy atom. The van der Waals surface area contributed by atoms with Gasteiger partial charge in [0.2, 0.25) is 5.88 Å². The van der Waals surface area contributed by atoms with Crippen LogP contribution in [0.4, 0.5) is 0 Å².